The molecule has 1 aliphatic rings. The second-order valence-corrected chi connectivity index (χ2v) is 9.96. The standard InChI is InChI=1S/C26H23IN2O4S/c1-2-16-5-10-20(11-6-16)28-26-29-24(30)23(34-26)14-18-7-12-22(21(27)13-18)33-15-17-3-8-19(9-4-17)25(31)32/h3-14,26,28H,2,15H2,1H3,(H,29,30)(H,31,32)/b23-14-/t26-/m0/s1. The molecular formula is C26H23IN2O4S. The number of halogens is 1. The fraction of sp³-hybridized carbons (Fsp3) is 0.154. The Hall–Kier alpha value is -2.98. The molecule has 3 aromatic rings. The first-order chi connectivity index (χ1) is 16.4. The predicted molar refractivity (Wildman–Crippen MR) is 144 cm³/mol. The maximum absolute atomic E-state index is 12.5. The van der Waals surface area contributed by atoms with Crippen molar-refractivity contribution in [1.29, 1.82) is 0 Å². The molecule has 1 fully saturated rings. The van der Waals surface area contributed by atoms with Gasteiger partial charge in [0, 0.05) is 5.69 Å². The lowest BCUT2D eigenvalue weighted by molar-refractivity contribution is -0.116. The Labute approximate surface area is 215 Å². The molecule has 0 spiro atoms. The number of aromatic carboxylic acids is 1. The maximum atomic E-state index is 12.5. The fourth-order valence-electron chi connectivity index (χ4n) is 3.33. The van der Waals surface area contributed by atoms with Crippen LogP contribution >= 0.6 is 34.4 Å². The van der Waals surface area contributed by atoms with Crippen molar-refractivity contribution in [2.24, 2.45) is 0 Å². The lowest BCUT2D eigenvalue weighted by atomic mass is 10.1. The van der Waals surface area contributed by atoms with E-state index in [1.165, 1.54) is 17.3 Å². The molecule has 0 radical (unpaired) electrons. The van der Waals surface area contributed by atoms with Crippen LogP contribution in [0.4, 0.5) is 5.69 Å². The van der Waals surface area contributed by atoms with Gasteiger partial charge < -0.3 is 20.5 Å². The number of ether oxygens (including phenoxy) is 1. The average Bonchev–Trinajstić information content (AvgIpc) is 3.17. The first-order valence-electron chi connectivity index (χ1n) is 10.7. The lowest BCUT2D eigenvalue weighted by Gasteiger charge is -2.12. The van der Waals surface area contributed by atoms with E-state index in [-0.39, 0.29) is 17.0 Å². The average molecular weight is 586 g/mol. The van der Waals surface area contributed by atoms with Crippen molar-refractivity contribution in [1.82, 2.24) is 5.32 Å². The molecule has 174 valence electrons. The normalized spacial score (nSPS) is 16.4. The molecule has 1 amide bonds. The number of carbonyl (C=O) groups excluding carboxylic acids is 1. The Morgan fingerprint density at radius 2 is 1.82 bits per heavy atom. The summed E-state index contributed by atoms with van der Waals surface area (Å²) in [6.45, 7) is 2.45. The Morgan fingerprint density at radius 3 is 2.47 bits per heavy atom. The van der Waals surface area contributed by atoms with Gasteiger partial charge in [-0.05, 0) is 88.2 Å². The van der Waals surface area contributed by atoms with Gasteiger partial charge >= 0.3 is 5.97 Å². The van der Waals surface area contributed by atoms with Crippen LogP contribution in [0.5, 0.6) is 5.75 Å². The molecule has 3 N–H and O–H groups in total. The highest BCUT2D eigenvalue weighted by molar-refractivity contribution is 14.1. The number of amides is 1. The number of thioether (sulfide) groups is 1. The van der Waals surface area contributed by atoms with Crippen LogP contribution < -0.4 is 15.4 Å². The van der Waals surface area contributed by atoms with Crippen LogP contribution in [0.1, 0.15) is 34.0 Å². The third-order valence-electron chi connectivity index (χ3n) is 5.24. The van der Waals surface area contributed by atoms with Gasteiger partial charge in [-0.25, -0.2) is 4.79 Å². The first-order valence-corrected chi connectivity index (χ1v) is 12.7. The summed E-state index contributed by atoms with van der Waals surface area (Å²) in [4.78, 5) is 24.1. The molecule has 1 heterocycles. The SMILES string of the molecule is CCc1ccc(N[C@H]2NC(=O)/C(=C/c3ccc(OCc4ccc(C(=O)O)cc4)c(I)c3)S2)cc1. The van der Waals surface area contributed by atoms with Gasteiger partial charge in [0.2, 0.25) is 0 Å². The smallest absolute Gasteiger partial charge is 0.335 e. The van der Waals surface area contributed by atoms with Gasteiger partial charge in [-0.3, -0.25) is 4.79 Å². The van der Waals surface area contributed by atoms with E-state index in [2.05, 4.69) is 52.3 Å². The number of rotatable bonds is 8. The van der Waals surface area contributed by atoms with Crippen molar-refractivity contribution >= 4 is 58.0 Å². The molecule has 4 rings (SSSR count). The topological polar surface area (TPSA) is 87.7 Å². The monoisotopic (exact) mass is 586 g/mol. The Morgan fingerprint density at radius 1 is 1.12 bits per heavy atom. The number of carboxylic acid groups (broad SMARTS) is 1. The van der Waals surface area contributed by atoms with Crippen molar-refractivity contribution in [2.45, 2.75) is 25.4 Å². The molecule has 0 saturated carbocycles. The van der Waals surface area contributed by atoms with Crippen LogP contribution in [-0.4, -0.2) is 22.5 Å². The minimum Gasteiger partial charge on any atom is -0.488 e. The molecular weight excluding hydrogens is 563 g/mol. The third-order valence-corrected chi connectivity index (χ3v) is 7.11. The van der Waals surface area contributed by atoms with E-state index in [0.717, 1.165) is 32.6 Å². The Kier molecular flexibility index (Phi) is 7.79. The third kappa shape index (κ3) is 6.12. The van der Waals surface area contributed by atoms with Crippen molar-refractivity contribution in [3.63, 3.8) is 0 Å². The number of aryl methyl sites for hydroxylation is 1. The quantitative estimate of drug-likeness (QED) is 0.231. The van der Waals surface area contributed by atoms with Gasteiger partial charge in [0.25, 0.3) is 5.91 Å². The molecule has 6 nitrogen and oxygen atoms in total. The van der Waals surface area contributed by atoms with Crippen LogP contribution in [0.15, 0.2) is 71.6 Å². The number of benzene rings is 3. The van der Waals surface area contributed by atoms with Gasteiger partial charge in [0.1, 0.15) is 12.4 Å². The van der Waals surface area contributed by atoms with E-state index in [9.17, 15) is 9.59 Å². The summed E-state index contributed by atoms with van der Waals surface area (Å²) in [6.07, 6.45) is 2.86. The zero-order chi connectivity index (χ0) is 24.1. The van der Waals surface area contributed by atoms with E-state index < -0.39 is 5.97 Å². The molecule has 0 bridgehead atoms. The van der Waals surface area contributed by atoms with E-state index >= 15 is 0 Å². The highest BCUT2D eigenvalue weighted by Crippen LogP contribution is 2.31. The van der Waals surface area contributed by atoms with Crippen LogP contribution in [0.25, 0.3) is 6.08 Å². The number of carbonyl (C=O) groups is 2. The second-order valence-electron chi connectivity index (χ2n) is 7.66. The van der Waals surface area contributed by atoms with E-state index in [1.807, 2.05) is 36.4 Å². The highest BCUT2D eigenvalue weighted by Gasteiger charge is 2.27. The summed E-state index contributed by atoms with van der Waals surface area (Å²) >= 11 is 3.66. The summed E-state index contributed by atoms with van der Waals surface area (Å²) in [5.41, 5.74) is 4.05. The van der Waals surface area contributed by atoms with E-state index in [1.54, 1.807) is 24.3 Å². The molecule has 34 heavy (non-hydrogen) atoms. The molecule has 1 atom stereocenters. The summed E-state index contributed by atoms with van der Waals surface area (Å²) in [6, 6.07) is 20.6. The van der Waals surface area contributed by atoms with Crippen molar-refractivity contribution < 1.29 is 19.4 Å². The van der Waals surface area contributed by atoms with Gasteiger partial charge in [-0.1, -0.05) is 49.0 Å². The van der Waals surface area contributed by atoms with Gasteiger partial charge in [-0.15, -0.1) is 0 Å². The second kappa shape index (κ2) is 11.0. The summed E-state index contributed by atoms with van der Waals surface area (Å²) in [7, 11) is 0. The number of anilines is 1. The van der Waals surface area contributed by atoms with Crippen LogP contribution in [-0.2, 0) is 17.8 Å². The Balaban J connectivity index is 1.37. The number of hydrogen-bond donors (Lipinski definition) is 3. The number of nitrogens with one attached hydrogen (secondary N) is 2. The molecule has 1 saturated heterocycles. The van der Waals surface area contributed by atoms with Gasteiger partial charge in [0.05, 0.1) is 14.0 Å². The first kappa shape index (κ1) is 24.2. The van der Waals surface area contributed by atoms with E-state index in [0.29, 0.717) is 11.5 Å². The van der Waals surface area contributed by atoms with Crippen LogP contribution in [0.3, 0.4) is 0 Å². The minimum absolute atomic E-state index is 0.104. The number of carboxylic acids is 1. The summed E-state index contributed by atoms with van der Waals surface area (Å²) in [5, 5.41) is 15.3. The lowest BCUT2D eigenvalue weighted by Crippen LogP contribution is -2.30. The zero-order valence-electron chi connectivity index (χ0n) is 18.4. The maximum Gasteiger partial charge on any atom is 0.335 e. The van der Waals surface area contributed by atoms with Crippen LogP contribution in [0.2, 0.25) is 0 Å². The molecule has 0 aromatic heterocycles. The zero-order valence-corrected chi connectivity index (χ0v) is 21.4. The minimum atomic E-state index is -0.950. The summed E-state index contributed by atoms with van der Waals surface area (Å²) in [5.74, 6) is -0.329. The predicted octanol–water partition coefficient (Wildman–Crippen LogP) is 5.73. The molecule has 8 heteroatoms. The molecule has 1 aliphatic heterocycles. The van der Waals surface area contributed by atoms with Gasteiger partial charge in [0.15, 0.2) is 5.50 Å². The largest absolute Gasteiger partial charge is 0.488 e. The van der Waals surface area contributed by atoms with Crippen molar-refractivity contribution in [3.8, 4) is 5.75 Å². The number of hydrogen-bond acceptors (Lipinski definition) is 5. The molecule has 0 unspecified atom stereocenters. The van der Waals surface area contributed by atoms with Crippen molar-refractivity contribution in [2.75, 3.05) is 5.32 Å². The highest BCUT2D eigenvalue weighted by atomic mass is 127. The van der Waals surface area contributed by atoms with E-state index in [4.69, 9.17) is 9.84 Å². The summed E-state index contributed by atoms with van der Waals surface area (Å²) < 4.78 is 6.82. The van der Waals surface area contributed by atoms with Gasteiger partial charge in [-0.2, -0.15) is 0 Å². The van der Waals surface area contributed by atoms with Crippen LogP contribution in [0, 0.1) is 3.57 Å². The fourth-order valence-corrected chi connectivity index (χ4v) is 5.01. The Bertz CT molecular complexity index is 1230. The molecule has 3 aromatic carbocycles. The molecule has 0 aliphatic carbocycles. The van der Waals surface area contributed by atoms with Crippen molar-refractivity contribution in [3.05, 3.63) is 97.5 Å².